The number of benzene rings is 1. The highest BCUT2D eigenvalue weighted by atomic mass is 16.6. The molecule has 0 radical (unpaired) electrons. The largest absolute Gasteiger partial charge is 0.486 e. The first-order chi connectivity index (χ1) is 14.0. The number of hydrogen-bond acceptors (Lipinski definition) is 6. The lowest BCUT2D eigenvalue weighted by Gasteiger charge is -2.38. The molecular weight excluding hydrogens is 364 g/mol. The van der Waals surface area contributed by atoms with E-state index >= 15 is 0 Å². The number of fused-ring (bicyclic) bond motifs is 2. The van der Waals surface area contributed by atoms with E-state index in [0.29, 0.717) is 23.1 Å². The van der Waals surface area contributed by atoms with Gasteiger partial charge in [-0.3, -0.25) is 0 Å². The van der Waals surface area contributed by atoms with E-state index in [1.54, 1.807) is 6.20 Å². The van der Waals surface area contributed by atoms with E-state index in [2.05, 4.69) is 21.1 Å². The summed E-state index contributed by atoms with van der Waals surface area (Å²) < 4.78 is 6.50. The lowest BCUT2D eigenvalue weighted by molar-refractivity contribution is 0.0984. The predicted octanol–water partition coefficient (Wildman–Crippen LogP) is 4.33. The number of nitrogens with zero attached hydrogens (tertiary/aromatic N) is 4. The molecule has 1 aromatic carbocycles. The molecule has 0 N–H and O–H groups in total. The Labute approximate surface area is 171 Å². The molecule has 1 aliphatic heterocycles. The Hall–Kier alpha value is -3.07. The minimum atomic E-state index is 0.168. The fourth-order valence-electron chi connectivity index (χ4n) is 4.26. The van der Waals surface area contributed by atoms with Crippen LogP contribution in [0.15, 0.2) is 41.7 Å². The van der Waals surface area contributed by atoms with Gasteiger partial charge in [0.1, 0.15) is 18.0 Å². The summed E-state index contributed by atoms with van der Waals surface area (Å²) in [4.78, 5) is 12.4. The van der Waals surface area contributed by atoms with Gasteiger partial charge >= 0.3 is 0 Å². The second-order valence-corrected chi connectivity index (χ2v) is 8.18. The van der Waals surface area contributed by atoms with E-state index in [-0.39, 0.29) is 6.10 Å². The molecule has 2 fully saturated rings. The average Bonchev–Trinajstić information content (AvgIpc) is 2.95. The van der Waals surface area contributed by atoms with E-state index < -0.39 is 0 Å². The zero-order chi connectivity index (χ0) is 20.4. The van der Waals surface area contributed by atoms with Crippen LogP contribution in [0.1, 0.15) is 37.8 Å². The summed E-state index contributed by atoms with van der Waals surface area (Å²) in [5, 5.41) is 13.1. The number of oxime groups is 1. The zero-order valence-corrected chi connectivity index (χ0v) is 17.1. The molecule has 3 atom stereocenters. The number of nitriles is 1. The van der Waals surface area contributed by atoms with Crippen LogP contribution in [0.4, 0.5) is 5.82 Å². The van der Waals surface area contributed by atoms with Crippen molar-refractivity contribution in [3.05, 3.63) is 47.7 Å². The Bertz CT molecular complexity index is 930. The molecule has 2 aliphatic rings. The lowest BCUT2D eigenvalue weighted by atomic mass is 9.94. The highest BCUT2D eigenvalue weighted by Gasteiger charge is 2.44. The SMILES string of the molecule is CC(C)=NOc1cc(C)ccc1OC1[C@@H]2CC[C@H]1CN(c1ccc(C#N)cn1)C2. The third-order valence-corrected chi connectivity index (χ3v) is 5.64. The van der Waals surface area contributed by atoms with Crippen LogP contribution in [0, 0.1) is 30.1 Å². The number of hydrogen-bond donors (Lipinski definition) is 0. The molecule has 1 aliphatic carbocycles. The Kier molecular flexibility index (Phi) is 5.39. The molecule has 2 heterocycles. The van der Waals surface area contributed by atoms with Gasteiger partial charge in [-0.2, -0.15) is 5.26 Å². The van der Waals surface area contributed by atoms with Crippen molar-refractivity contribution in [2.75, 3.05) is 18.0 Å². The van der Waals surface area contributed by atoms with Gasteiger partial charge in [-0.15, -0.1) is 0 Å². The molecule has 4 rings (SSSR count). The Morgan fingerprint density at radius 3 is 2.52 bits per heavy atom. The van der Waals surface area contributed by atoms with Crippen LogP contribution in [0.5, 0.6) is 11.5 Å². The van der Waals surface area contributed by atoms with E-state index in [1.165, 1.54) is 0 Å². The number of ether oxygens (including phenoxy) is 1. The average molecular weight is 390 g/mol. The fourth-order valence-corrected chi connectivity index (χ4v) is 4.26. The van der Waals surface area contributed by atoms with Crippen LogP contribution in [-0.2, 0) is 0 Å². The summed E-state index contributed by atoms with van der Waals surface area (Å²) in [6, 6.07) is 11.9. The zero-order valence-electron chi connectivity index (χ0n) is 17.1. The van der Waals surface area contributed by atoms with Crippen LogP contribution in [0.25, 0.3) is 0 Å². The fraction of sp³-hybridized carbons (Fsp3) is 0.435. The Morgan fingerprint density at radius 1 is 1.14 bits per heavy atom. The molecule has 2 aromatic rings. The predicted molar refractivity (Wildman–Crippen MR) is 112 cm³/mol. The first kappa shape index (κ1) is 19.3. The number of aromatic nitrogens is 1. The molecule has 1 saturated heterocycles. The summed E-state index contributed by atoms with van der Waals surface area (Å²) in [7, 11) is 0. The maximum absolute atomic E-state index is 8.98. The van der Waals surface area contributed by atoms with Crippen molar-refractivity contribution in [1.82, 2.24) is 4.98 Å². The molecule has 1 unspecified atom stereocenters. The minimum absolute atomic E-state index is 0.168. The molecule has 2 bridgehead atoms. The van der Waals surface area contributed by atoms with Gasteiger partial charge in [0.2, 0.25) is 0 Å². The second kappa shape index (κ2) is 8.12. The summed E-state index contributed by atoms with van der Waals surface area (Å²) in [6.45, 7) is 7.67. The van der Waals surface area contributed by atoms with Gasteiger partial charge in [0.05, 0.1) is 11.3 Å². The van der Waals surface area contributed by atoms with Gasteiger partial charge in [0, 0.05) is 31.1 Å². The van der Waals surface area contributed by atoms with Crippen LogP contribution >= 0.6 is 0 Å². The lowest BCUT2D eigenvalue weighted by Crippen LogP contribution is -2.47. The summed E-state index contributed by atoms with van der Waals surface area (Å²) >= 11 is 0. The number of rotatable bonds is 5. The van der Waals surface area contributed by atoms with Crippen LogP contribution in [0.2, 0.25) is 0 Å². The first-order valence-corrected chi connectivity index (χ1v) is 10.1. The third kappa shape index (κ3) is 4.19. The number of pyridine rings is 1. The Balaban J connectivity index is 1.49. The molecule has 1 saturated carbocycles. The van der Waals surface area contributed by atoms with Crippen LogP contribution in [0.3, 0.4) is 0 Å². The molecule has 0 spiro atoms. The number of piperidine rings is 1. The molecule has 150 valence electrons. The van der Waals surface area contributed by atoms with Crippen molar-refractivity contribution in [2.45, 2.75) is 39.7 Å². The van der Waals surface area contributed by atoms with Gasteiger partial charge < -0.3 is 14.5 Å². The van der Waals surface area contributed by atoms with Gasteiger partial charge in [0.15, 0.2) is 11.5 Å². The molecule has 6 heteroatoms. The minimum Gasteiger partial charge on any atom is -0.486 e. The summed E-state index contributed by atoms with van der Waals surface area (Å²) in [5.41, 5.74) is 2.56. The van der Waals surface area contributed by atoms with E-state index in [4.69, 9.17) is 14.8 Å². The highest BCUT2D eigenvalue weighted by Crippen LogP contribution is 2.42. The van der Waals surface area contributed by atoms with E-state index in [0.717, 1.165) is 48.8 Å². The molecule has 0 amide bonds. The number of anilines is 1. The van der Waals surface area contributed by atoms with Gasteiger partial charge in [-0.25, -0.2) is 4.98 Å². The quantitative estimate of drug-likeness (QED) is 0.561. The van der Waals surface area contributed by atoms with E-state index in [1.807, 2.05) is 51.1 Å². The maximum atomic E-state index is 8.98. The Morgan fingerprint density at radius 2 is 1.90 bits per heavy atom. The van der Waals surface area contributed by atoms with E-state index in [9.17, 15) is 0 Å². The van der Waals surface area contributed by atoms with Crippen molar-refractivity contribution in [2.24, 2.45) is 17.0 Å². The smallest absolute Gasteiger partial charge is 0.200 e. The van der Waals surface area contributed by atoms with Gasteiger partial charge in [-0.1, -0.05) is 11.2 Å². The monoisotopic (exact) mass is 390 g/mol. The maximum Gasteiger partial charge on any atom is 0.200 e. The van der Waals surface area contributed by atoms with Crippen molar-refractivity contribution in [3.8, 4) is 17.6 Å². The first-order valence-electron chi connectivity index (χ1n) is 10.1. The molecule has 6 nitrogen and oxygen atoms in total. The second-order valence-electron chi connectivity index (χ2n) is 8.18. The van der Waals surface area contributed by atoms with Crippen LogP contribution < -0.4 is 14.5 Å². The molecular formula is C23H26N4O2. The molecule has 29 heavy (non-hydrogen) atoms. The van der Waals surface area contributed by atoms with Crippen molar-refractivity contribution in [1.29, 1.82) is 5.26 Å². The van der Waals surface area contributed by atoms with Gasteiger partial charge in [-0.05, 0) is 63.4 Å². The topological polar surface area (TPSA) is 70.7 Å². The number of aryl methyl sites for hydroxylation is 1. The normalized spacial score (nSPS) is 22.7. The van der Waals surface area contributed by atoms with Crippen molar-refractivity contribution in [3.63, 3.8) is 0 Å². The highest BCUT2D eigenvalue weighted by molar-refractivity contribution is 5.78. The van der Waals surface area contributed by atoms with Crippen molar-refractivity contribution >= 4 is 11.5 Å². The molecule has 1 aromatic heterocycles. The van der Waals surface area contributed by atoms with Crippen molar-refractivity contribution < 1.29 is 9.57 Å². The van der Waals surface area contributed by atoms with Crippen LogP contribution in [-0.4, -0.2) is 29.9 Å². The standard InChI is InChI=1S/C23H26N4O2/c1-15(2)26-29-21-10-16(3)4-8-20(21)28-23-18-6-7-19(23)14-27(13-18)22-9-5-17(11-24)12-25-22/h4-5,8-10,12,18-19,23H,6-7,13-14H2,1-3H3/t18-,19+,23?. The summed E-state index contributed by atoms with van der Waals surface area (Å²) in [5.74, 6) is 3.24. The van der Waals surface area contributed by atoms with Gasteiger partial charge in [0.25, 0.3) is 0 Å². The summed E-state index contributed by atoms with van der Waals surface area (Å²) in [6.07, 6.45) is 4.11. The third-order valence-electron chi connectivity index (χ3n) is 5.64.